The van der Waals surface area contributed by atoms with Crippen LogP contribution in [0.15, 0.2) is 24.4 Å². The van der Waals surface area contributed by atoms with Gasteiger partial charge in [-0.3, -0.25) is 0 Å². The molecule has 0 aromatic carbocycles. The summed E-state index contributed by atoms with van der Waals surface area (Å²) >= 11 is 0. The zero-order valence-electron chi connectivity index (χ0n) is 3.62. The van der Waals surface area contributed by atoms with E-state index in [-0.39, 0.29) is 5.70 Å². The molecule has 7 heavy (non-hydrogen) atoms. The maximum Gasteiger partial charge on any atom is 0.272 e. The maximum absolute atomic E-state index is 11.0. The fourth-order valence-electron chi connectivity index (χ4n) is 0.140. The molecule has 0 aliphatic heterocycles. The monoisotopic (exact) mass is 105 g/mol. The Hall–Kier alpha value is -0.860. The second kappa shape index (κ2) is 2.34. The van der Waals surface area contributed by atoms with E-state index in [0.717, 1.165) is 0 Å². The van der Waals surface area contributed by atoms with E-state index in [1.54, 1.807) is 0 Å². The van der Waals surface area contributed by atoms with Gasteiger partial charge in [0.05, 0.1) is 0 Å². The molecule has 0 fully saturated rings. The smallest absolute Gasteiger partial charge is 0.272 e. The molecule has 0 spiro atoms. The van der Waals surface area contributed by atoms with Crippen LogP contribution >= 0.6 is 0 Å². The van der Waals surface area contributed by atoms with Gasteiger partial charge >= 0.3 is 0 Å². The van der Waals surface area contributed by atoms with Crippen molar-refractivity contribution >= 4 is 0 Å². The van der Waals surface area contributed by atoms with Crippen LogP contribution in [-0.2, 0) is 0 Å². The molecule has 0 heterocycles. The molecular formula is C4H5F2N. The molecule has 0 unspecified atom stereocenters. The van der Waals surface area contributed by atoms with Crippen molar-refractivity contribution in [2.24, 2.45) is 5.73 Å². The van der Waals surface area contributed by atoms with Crippen LogP contribution in [0.2, 0.25) is 0 Å². The number of rotatable bonds is 1. The Morgan fingerprint density at radius 1 is 1.57 bits per heavy atom. The van der Waals surface area contributed by atoms with E-state index in [0.29, 0.717) is 6.08 Å². The van der Waals surface area contributed by atoms with Crippen molar-refractivity contribution < 1.29 is 8.78 Å². The standard InChI is InChI=1S/C4H5F2N/c1-3(7)2-4(5)6/h2H,1,7H2. The van der Waals surface area contributed by atoms with Crippen molar-refractivity contribution in [2.75, 3.05) is 0 Å². The van der Waals surface area contributed by atoms with Gasteiger partial charge in [-0.15, -0.1) is 0 Å². The minimum Gasteiger partial charge on any atom is -0.399 e. The van der Waals surface area contributed by atoms with E-state index in [1.165, 1.54) is 0 Å². The number of hydrogen-bond acceptors (Lipinski definition) is 1. The third-order valence-corrected chi connectivity index (χ3v) is 0.295. The minimum atomic E-state index is -1.81. The van der Waals surface area contributed by atoms with Gasteiger partial charge < -0.3 is 5.73 Å². The Balaban J connectivity index is 3.68. The van der Waals surface area contributed by atoms with Crippen LogP contribution in [0.5, 0.6) is 0 Å². The molecule has 0 radical (unpaired) electrons. The fraction of sp³-hybridized carbons (Fsp3) is 0. The van der Waals surface area contributed by atoms with Crippen LogP contribution in [0.25, 0.3) is 0 Å². The average molecular weight is 105 g/mol. The first-order valence-electron chi connectivity index (χ1n) is 1.60. The maximum atomic E-state index is 11.0. The van der Waals surface area contributed by atoms with Crippen molar-refractivity contribution in [1.82, 2.24) is 0 Å². The first-order chi connectivity index (χ1) is 3.13. The number of nitrogens with two attached hydrogens (primary N) is 1. The molecule has 1 nitrogen and oxygen atoms in total. The van der Waals surface area contributed by atoms with Crippen molar-refractivity contribution in [3.8, 4) is 0 Å². The molecule has 0 bridgehead atoms. The van der Waals surface area contributed by atoms with Gasteiger partial charge in [0.15, 0.2) is 0 Å². The van der Waals surface area contributed by atoms with Gasteiger partial charge in [0.25, 0.3) is 6.08 Å². The van der Waals surface area contributed by atoms with Crippen molar-refractivity contribution in [3.05, 3.63) is 24.4 Å². The Labute approximate surface area is 40.1 Å². The van der Waals surface area contributed by atoms with Crippen LogP contribution in [0.3, 0.4) is 0 Å². The van der Waals surface area contributed by atoms with Gasteiger partial charge in [0.1, 0.15) is 0 Å². The Morgan fingerprint density at radius 3 is 2.00 bits per heavy atom. The lowest BCUT2D eigenvalue weighted by molar-refractivity contribution is 0.421. The molecule has 0 saturated carbocycles. The molecular weight excluding hydrogens is 100 g/mol. The summed E-state index contributed by atoms with van der Waals surface area (Å²) in [6.07, 6.45) is -1.31. The van der Waals surface area contributed by atoms with Gasteiger partial charge in [0.2, 0.25) is 0 Å². The minimum absolute atomic E-state index is 0.125. The van der Waals surface area contributed by atoms with E-state index >= 15 is 0 Å². The van der Waals surface area contributed by atoms with E-state index in [9.17, 15) is 8.78 Å². The molecule has 2 N–H and O–H groups in total. The third-order valence-electron chi connectivity index (χ3n) is 0.295. The van der Waals surface area contributed by atoms with Gasteiger partial charge in [-0.2, -0.15) is 8.78 Å². The van der Waals surface area contributed by atoms with Gasteiger partial charge in [-0.25, -0.2) is 0 Å². The molecule has 0 aromatic heterocycles. The lowest BCUT2D eigenvalue weighted by atomic mass is 10.5. The summed E-state index contributed by atoms with van der Waals surface area (Å²) in [4.78, 5) is 0. The highest BCUT2D eigenvalue weighted by Crippen LogP contribution is 1.97. The van der Waals surface area contributed by atoms with Crippen molar-refractivity contribution in [3.63, 3.8) is 0 Å². The van der Waals surface area contributed by atoms with Crippen LogP contribution in [0.4, 0.5) is 8.78 Å². The third kappa shape index (κ3) is 5.14. The lowest BCUT2D eigenvalue weighted by Gasteiger charge is -1.79. The predicted molar refractivity (Wildman–Crippen MR) is 23.6 cm³/mol. The molecule has 0 atom stereocenters. The predicted octanol–water partition coefficient (Wildman–Crippen LogP) is 1.24. The normalized spacial score (nSPS) is 7.71. The lowest BCUT2D eigenvalue weighted by Crippen LogP contribution is -1.88. The topological polar surface area (TPSA) is 26.0 Å². The first kappa shape index (κ1) is 6.14. The SMILES string of the molecule is C=C(N)C=C(F)F. The summed E-state index contributed by atoms with van der Waals surface area (Å²) in [5.74, 6) is 0. The van der Waals surface area contributed by atoms with Crippen molar-refractivity contribution in [1.29, 1.82) is 0 Å². The fourth-order valence-corrected chi connectivity index (χ4v) is 0.140. The molecule has 3 heteroatoms. The van der Waals surface area contributed by atoms with Crippen LogP contribution in [0, 0.1) is 0 Å². The molecule has 0 aliphatic rings. The summed E-state index contributed by atoms with van der Waals surface area (Å²) in [5.41, 5.74) is 4.62. The highest BCUT2D eigenvalue weighted by atomic mass is 19.3. The molecule has 0 saturated heterocycles. The zero-order valence-corrected chi connectivity index (χ0v) is 3.62. The second-order valence-corrected chi connectivity index (χ2v) is 1.01. The molecule has 0 aromatic rings. The van der Waals surface area contributed by atoms with Gasteiger partial charge in [-0.1, -0.05) is 6.58 Å². The molecule has 40 valence electrons. The van der Waals surface area contributed by atoms with Gasteiger partial charge in [-0.05, 0) is 0 Å². The van der Waals surface area contributed by atoms with E-state index in [2.05, 4.69) is 6.58 Å². The van der Waals surface area contributed by atoms with E-state index in [4.69, 9.17) is 5.73 Å². The summed E-state index contributed by atoms with van der Waals surface area (Å²) in [5, 5.41) is 0. The summed E-state index contributed by atoms with van der Waals surface area (Å²) in [7, 11) is 0. The van der Waals surface area contributed by atoms with E-state index in [1.807, 2.05) is 0 Å². The highest BCUT2D eigenvalue weighted by Gasteiger charge is 1.83. The number of halogens is 2. The van der Waals surface area contributed by atoms with Crippen molar-refractivity contribution in [2.45, 2.75) is 0 Å². The number of hydrogen-bond donors (Lipinski definition) is 1. The Morgan fingerprint density at radius 2 is 2.00 bits per heavy atom. The van der Waals surface area contributed by atoms with E-state index < -0.39 is 6.08 Å². The largest absolute Gasteiger partial charge is 0.399 e. The number of allylic oxidation sites excluding steroid dienone is 1. The Kier molecular flexibility index (Phi) is 2.05. The summed E-state index contributed by atoms with van der Waals surface area (Å²) in [6.45, 7) is 3.02. The summed E-state index contributed by atoms with van der Waals surface area (Å²) in [6, 6.07) is 0. The summed E-state index contributed by atoms with van der Waals surface area (Å²) < 4.78 is 22.0. The van der Waals surface area contributed by atoms with Crippen LogP contribution in [0.1, 0.15) is 0 Å². The molecule has 0 amide bonds. The Bertz CT molecular complexity index is 102. The zero-order chi connectivity index (χ0) is 5.86. The average Bonchev–Trinajstić information content (AvgIpc) is 1.27. The van der Waals surface area contributed by atoms with Crippen LogP contribution < -0.4 is 5.73 Å². The molecule has 0 aliphatic carbocycles. The highest BCUT2D eigenvalue weighted by molar-refractivity contribution is 5.09. The quantitative estimate of drug-likeness (QED) is 0.499. The van der Waals surface area contributed by atoms with Crippen LogP contribution in [-0.4, -0.2) is 0 Å². The van der Waals surface area contributed by atoms with Gasteiger partial charge in [0, 0.05) is 11.8 Å². The molecule has 0 rings (SSSR count). The second-order valence-electron chi connectivity index (χ2n) is 1.01. The first-order valence-corrected chi connectivity index (χ1v) is 1.60.